The van der Waals surface area contributed by atoms with E-state index in [0.717, 1.165) is 0 Å². The van der Waals surface area contributed by atoms with Crippen molar-refractivity contribution in [3.63, 3.8) is 0 Å². The maximum absolute atomic E-state index is 12.8. The molecule has 0 atom stereocenters. The predicted octanol–water partition coefficient (Wildman–Crippen LogP) is 1.65. The SMILES string of the molecule is COc1cc(C(=O)Nc2ccc(S(=O)(=O)N3CCN(C)CC3)cc2)cc2c1OCCO2. The highest BCUT2D eigenvalue weighted by Crippen LogP contribution is 2.40. The van der Waals surface area contributed by atoms with Crippen molar-refractivity contribution in [3.05, 3.63) is 42.0 Å². The molecule has 166 valence electrons. The van der Waals surface area contributed by atoms with E-state index in [2.05, 4.69) is 10.2 Å². The standard InChI is InChI=1S/C21H25N3O6S/c1-23-7-9-24(10-8-23)31(26,27)17-5-3-16(4-6-17)22-21(25)15-13-18(28-2)20-19(14-15)29-11-12-30-20/h3-6,13-14H,7-12H2,1-2H3,(H,22,25). The molecule has 1 fully saturated rings. The summed E-state index contributed by atoms with van der Waals surface area (Å²) in [6.07, 6.45) is 0. The van der Waals surface area contributed by atoms with Crippen LogP contribution >= 0.6 is 0 Å². The third-order valence-corrected chi connectivity index (χ3v) is 7.22. The summed E-state index contributed by atoms with van der Waals surface area (Å²) in [5.74, 6) is 0.967. The number of likely N-dealkylation sites (N-methyl/N-ethyl adjacent to an activating group) is 1. The van der Waals surface area contributed by atoms with Crippen molar-refractivity contribution in [3.8, 4) is 17.2 Å². The number of nitrogens with one attached hydrogen (secondary N) is 1. The molecular formula is C21H25N3O6S. The van der Waals surface area contributed by atoms with Crippen LogP contribution in [0.4, 0.5) is 5.69 Å². The fraction of sp³-hybridized carbons (Fsp3) is 0.381. The van der Waals surface area contributed by atoms with E-state index < -0.39 is 10.0 Å². The van der Waals surface area contributed by atoms with Gasteiger partial charge in [-0.3, -0.25) is 4.79 Å². The minimum absolute atomic E-state index is 0.205. The minimum Gasteiger partial charge on any atom is -0.493 e. The van der Waals surface area contributed by atoms with E-state index in [0.29, 0.717) is 67.9 Å². The summed E-state index contributed by atoms with van der Waals surface area (Å²) in [6, 6.07) is 9.35. The highest BCUT2D eigenvalue weighted by atomic mass is 32.2. The second-order valence-corrected chi connectivity index (χ2v) is 9.33. The summed E-state index contributed by atoms with van der Waals surface area (Å²) in [5.41, 5.74) is 0.825. The van der Waals surface area contributed by atoms with E-state index in [4.69, 9.17) is 14.2 Å². The molecule has 2 heterocycles. The van der Waals surface area contributed by atoms with Crippen molar-refractivity contribution in [2.45, 2.75) is 4.90 Å². The van der Waals surface area contributed by atoms with Crippen LogP contribution < -0.4 is 19.5 Å². The van der Waals surface area contributed by atoms with Gasteiger partial charge in [0.2, 0.25) is 15.8 Å². The molecule has 0 spiro atoms. The zero-order chi connectivity index (χ0) is 22.0. The molecule has 31 heavy (non-hydrogen) atoms. The Morgan fingerprint density at radius 3 is 2.39 bits per heavy atom. The van der Waals surface area contributed by atoms with Crippen LogP contribution in [-0.2, 0) is 10.0 Å². The average molecular weight is 448 g/mol. The van der Waals surface area contributed by atoms with Gasteiger partial charge in [0.15, 0.2) is 11.5 Å². The van der Waals surface area contributed by atoms with Crippen LogP contribution in [-0.4, -0.2) is 77.1 Å². The van der Waals surface area contributed by atoms with Crippen molar-refractivity contribution in [1.29, 1.82) is 0 Å². The fourth-order valence-corrected chi connectivity index (χ4v) is 4.92. The van der Waals surface area contributed by atoms with Gasteiger partial charge in [0.25, 0.3) is 5.91 Å². The van der Waals surface area contributed by atoms with Gasteiger partial charge in [-0.2, -0.15) is 4.31 Å². The Morgan fingerprint density at radius 1 is 1.03 bits per heavy atom. The van der Waals surface area contributed by atoms with Gasteiger partial charge in [-0.1, -0.05) is 0 Å². The number of methoxy groups -OCH3 is 1. The van der Waals surface area contributed by atoms with Crippen molar-refractivity contribution in [1.82, 2.24) is 9.21 Å². The van der Waals surface area contributed by atoms with E-state index in [1.807, 2.05) is 7.05 Å². The smallest absolute Gasteiger partial charge is 0.255 e. The largest absolute Gasteiger partial charge is 0.493 e. The number of nitrogens with zero attached hydrogens (tertiary/aromatic N) is 2. The van der Waals surface area contributed by atoms with Gasteiger partial charge < -0.3 is 24.4 Å². The zero-order valence-corrected chi connectivity index (χ0v) is 18.3. The number of ether oxygens (including phenoxy) is 3. The Labute approximate surface area is 181 Å². The van der Waals surface area contributed by atoms with Gasteiger partial charge in [-0.15, -0.1) is 0 Å². The molecule has 0 unspecified atom stereocenters. The fourth-order valence-electron chi connectivity index (χ4n) is 3.50. The number of sulfonamides is 1. The molecule has 10 heteroatoms. The Hall–Kier alpha value is -2.82. The molecule has 9 nitrogen and oxygen atoms in total. The maximum Gasteiger partial charge on any atom is 0.255 e. The first-order valence-electron chi connectivity index (χ1n) is 9.96. The Balaban J connectivity index is 1.49. The molecule has 1 saturated heterocycles. The van der Waals surface area contributed by atoms with E-state index >= 15 is 0 Å². The van der Waals surface area contributed by atoms with Gasteiger partial charge >= 0.3 is 0 Å². The molecule has 2 aromatic rings. The first kappa shape index (κ1) is 21.4. The van der Waals surface area contributed by atoms with Crippen molar-refractivity contribution < 1.29 is 27.4 Å². The molecule has 4 rings (SSSR count). The summed E-state index contributed by atoms with van der Waals surface area (Å²) < 4.78 is 43.6. The molecule has 2 aromatic carbocycles. The first-order chi connectivity index (χ1) is 14.9. The summed E-state index contributed by atoms with van der Waals surface area (Å²) in [4.78, 5) is 15.0. The normalized spacial score (nSPS) is 17.2. The molecule has 2 aliphatic heterocycles. The molecule has 0 radical (unpaired) electrons. The Morgan fingerprint density at radius 2 is 1.71 bits per heavy atom. The van der Waals surface area contributed by atoms with Crippen molar-refractivity contribution in [2.24, 2.45) is 0 Å². The predicted molar refractivity (Wildman–Crippen MR) is 115 cm³/mol. The lowest BCUT2D eigenvalue weighted by atomic mass is 10.1. The summed E-state index contributed by atoms with van der Waals surface area (Å²) in [6.45, 7) is 3.13. The second kappa shape index (κ2) is 8.74. The summed E-state index contributed by atoms with van der Waals surface area (Å²) in [5, 5.41) is 2.77. The van der Waals surface area contributed by atoms with Gasteiger partial charge in [0.1, 0.15) is 13.2 Å². The molecule has 0 bridgehead atoms. The lowest BCUT2D eigenvalue weighted by Gasteiger charge is -2.31. The summed E-state index contributed by atoms with van der Waals surface area (Å²) in [7, 11) is -0.0893. The second-order valence-electron chi connectivity index (χ2n) is 7.39. The van der Waals surface area contributed by atoms with Crippen LogP contribution in [0.25, 0.3) is 0 Å². The number of amides is 1. The number of hydrogen-bond donors (Lipinski definition) is 1. The minimum atomic E-state index is -3.56. The number of hydrogen-bond acceptors (Lipinski definition) is 7. The molecular weight excluding hydrogens is 422 g/mol. The van der Waals surface area contributed by atoms with Crippen molar-refractivity contribution in [2.75, 3.05) is 58.9 Å². The van der Waals surface area contributed by atoms with E-state index in [9.17, 15) is 13.2 Å². The molecule has 1 N–H and O–H groups in total. The third-order valence-electron chi connectivity index (χ3n) is 5.30. The zero-order valence-electron chi connectivity index (χ0n) is 17.5. The maximum atomic E-state index is 12.8. The lowest BCUT2D eigenvalue weighted by molar-refractivity contribution is 0.102. The number of piperazine rings is 1. The monoisotopic (exact) mass is 447 g/mol. The molecule has 2 aliphatic rings. The molecule has 0 saturated carbocycles. The van der Waals surface area contributed by atoms with Gasteiger partial charge in [0.05, 0.1) is 12.0 Å². The van der Waals surface area contributed by atoms with Crippen LogP contribution in [0.2, 0.25) is 0 Å². The van der Waals surface area contributed by atoms with Crippen LogP contribution in [0.1, 0.15) is 10.4 Å². The third kappa shape index (κ3) is 4.46. The number of fused-ring (bicyclic) bond motifs is 1. The topological polar surface area (TPSA) is 97.4 Å². The van der Waals surface area contributed by atoms with Gasteiger partial charge in [-0.05, 0) is 43.4 Å². The Bertz CT molecular complexity index is 1050. The highest BCUT2D eigenvalue weighted by molar-refractivity contribution is 7.89. The molecule has 1 amide bonds. The van der Waals surface area contributed by atoms with E-state index in [1.54, 1.807) is 24.3 Å². The number of anilines is 1. The van der Waals surface area contributed by atoms with Gasteiger partial charge in [0, 0.05) is 37.4 Å². The van der Waals surface area contributed by atoms with Crippen LogP contribution in [0.15, 0.2) is 41.3 Å². The van der Waals surface area contributed by atoms with Crippen LogP contribution in [0, 0.1) is 0 Å². The number of carbonyl (C=O) groups is 1. The number of rotatable bonds is 5. The highest BCUT2D eigenvalue weighted by Gasteiger charge is 2.27. The van der Waals surface area contributed by atoms with E-state index in [-0.39, 0.29) is 10.8 Å². The van der Waals surface area contributed by atoms with Crippen molar-refractivity contribution >= 4 is 21.6 Å². The average Bonchev–Trinajstić information content (AvgIpc) is 2.79. The lowest BCUT2D eigenvalue weighted by Crippen LogP contribution is -2.46. The number of benzene rings is 2. The molecule has 0 aliphatic carbocycles. The van der Waals surface area contributed by atoms with Gasteiger partial charge in [-0.25, -0.2) is 8.42 Å². The van der Waals surface area contributed by atoms with Crippen LogP contribution in [0.5, 0.6) is 17.2 Å². The quantitative estimate of drug-likeness (QED) is 0.744. The number of carbonyl (C=O) groups excluding carboxylic acids is 1. The Kier molecular flexibility index (Phi) is 6.03. The van der Waals surface area contributed by atoms with Crippen LogP contribution in [0.3, 0.4) is 0 Å². The first-order valence-corrected chi connectivity index (χ1v) is 11.4. The molecule has 0 aromatic heterocycles. The summed E-state index contributed by atoms with van der Waals surface area (Å²) >= 11 is 0. The van der Waals surface area contributed by atoms with E-state index in [1.165, 1.54) is 23.5 Å².